The van der Waals surface area contributed by atoms with Crippen molar-refractivity contribution in [1.82, 2.24) is 4.98 Å². The van der Waals surface area contributed by atoms with E-state index in [9.17, 15) is 14.3 Å². The molecule has 0 unspecified atom stereocenters. The summed E-state index contributed by atoms with van der Waals surface area (Å²) in [6.45, 7) is 2.64. The Morgan fingerprint density at radius 2 is 1.91 bits per heavy atom. The molecular weight excluding hydrogens is 413 g/mol. The third-order valence-electron chi connectivity index (χ3n) is 5.83. The largest absolute Gasteiger partial charge is 0.492 e. The van der Waals surface area contributed by atoms with Crippen LogP contribution in [0.4, 0.5) is 4.39 Å². The van der Waals surface area contributed by atoms with Crippen LogP contribution < -0.4 is 4.74 Å². The van der Waals surface area contributed by atoms with Crippen molar-refractivity contribution in [2.75, 3.05) is 6.61 Å². The molecule has 0 aliphatic heterocycles. The normalized spacial score (nSPS) is 18.4. The lowest BCUT2D eigenvalue weighted by Crippen LogP contribution is -2.25. The van der Waals surface area contributed by atoms with Crippen molar-refractivity contribution in [3.8, 4) is 17.2 Å². The lowest BCUT2D eigenvalue weighted by Gasteiger charge is -2.28. The van der Waals surface area contributed by atoms with Crippen LogP contribution in [-0.4, -0.2) is 28.8 Å². The molecular formula is C25H26FNO5. The Labute approximate surface area is 186 Å². The van der Waals surface area contributed by atoms with E-state index in [1.807, 2.05) is 6.07 Å². The fourth-order valence-corrected chi connectivity index (χ4v) is 4.01. The molecule has 6 nitrogen and oxygen atoms in total. The van der Waals surface area contributed by atoms with Crippen molar-refractivity contribution in [3.63, 3.8) is 0 Å². The summed E-state index contributed by atoms with van der Waals surface area (Å²) in [6.07, 6.45) is 5.45. The summed E-state index contributed by atoms with van der Waals surface area (Å²) in [6, 6.07) is 11.3. The highest BCUT2D eigenvalue weighted by molar-refractivity contribution is 5.92. The van der Waals surface area contributed by atoms with Crippen LogP contribution in [0.15, 0.2) is 53.1 Å². The number of aryl methyl sites for hydroxylation is 1. The summed E-state index contributed by atoms with van der Waals surface area (Å²) >= 11 is 0. The molecule has 3 aromatic rings. The molecule has 1 aromatic heterocycles. The maximum atomic E-state index is 13.1. The zero-order valence-electron chi connectivity index (χ0n) is 17.9. The number of oxazole rings is 1. The van der Waals surface area contributed by atoms with Crippen LogP contribution in [0.5, 0.6) is 5.75 Å². The second-order valence-corrected chi connectivity index (χ2v) is 8.17. The van der Waals surface area contributed by atoms with Gasteiger partial charge >= 0.3 is 5.97 Å². The van der Waals surface area contributed by atoms with Gasteiger partial charge in [0, 0.05) is 5.56 Å². The number of rotatable bonds is 8. The Kier molecular flexibility index (Phi) is 6.85. The first kappa shape index (κ1) is 22.0. The summed E-state index contributed by atoms with van der Waals surface area (Å²) in [4.78, 5) is 15.9. The molecule has 0 saturated heterocycles. The lowest BCUT2D eigenvalue weighted by atomic mass is 9.88. The predicted octanol–water partition coefficient (Wildman–Crippen LogP) is 5.64. The Morgan fingerprint density at radius 3 is 2.62 bits per heavy atom. The first-order valence-electron chi connectivity index (χ1n) is 10.8. The summed E-state index contributed by atoms with van der Waals surface area (Å²) in [5.74, 6) is -0.0222. The first-order chi connectivity index (χ1) is 15.5. The monoisotopic (exact) mass is 439 g/mol. The second kappa shape index (κ2) is 9.96. The molecule has 1 saturated carbocycles. The number of carbonyl (C=O) groups is 1. The summed E-state index contributed by atoms with van der Waals surface area (Å²) < 4.78 is 30.4. The predicted molar refractivity (Wildman–Crippen MR) is 116 cm³/mol. The van der Waals surface area contributed by atoms with Crippen LogP contribution in [0.2, 0.25) is 0 Å². The van der Waals surface area contributed by atoms with E-state index in [1.54, 1.807) is 37.5 Å². The van der Waals surface area contributed by atoms with Crippen LogP contribution in [0.3, 0.4) is 0 Å². The SMILES string of the molecule is Cc1cccc(OCC2CCC(OCc3coc(-c4ccc(F)cc4)n3)CC2)c1C(=O)O. The topological polar surface area (TPSA) is 81.8 Å². The molecule has 7 heteroatoms. The average molecular weight is 439 g/mol. The molecule has 168 valence electrons. The number of aromatic nitrogens is 1. The molecule has 1 aliphatic carbocycles. The van der Waals surface area contributed by atoms with Crippen LogP contribution in [0.1, 0.15) is 47.3 Å². The molecule has 1 N–H and O–H groups in total. The molecule has 1 fully saturated rings. The highest BCUT2D eigenvalue weighted by atomic mass is 19.1. The first-order valence-corrected chi connectivity index (χ1v) is 10.8. The minimum absolute atomic E-state index is 0.144. The third-order valence-corrected chi connectivity index (χ3v) is 5.83. The van der Waals surface area contributed by atoms with Crippen LogP contribution in [0, 0.1) is 18.7 Å². The number of halogens is 1. The highest BCUT2D eigenvalue weighted by Crippen LogP contribution is 2.29. The molecule has 0 spiro atoms. The van der Waals surface area contributed by atoms with E-state index in [-0.39, 0.29) is 17.5 Å². The number of benzene rings is 2. The van der Waals surface area contributed by atoms with Gasteiger partial charge in [0.15, 0.2) is 0 Å². The number of ether oxygens (including phenoxy) is 2. The molecule has 0 atom stereocenters. The number of carboxylic acid groups (broad SMARTS) is 1. The molecule has 1 heterocycles. The van der Waals surface area contributed by atoms with Gasteiger partial charge in [0.1, 0.15) is 29.1 Å². The third kappa shape index (κ3) is 5.34. The highest BCUT2D eigenvalue weighted by Gasteiger charge is 2.23. The van der Waals surface area contributed by atoms with Crippen molar-refractivity contribution < 1.29 is 28.2 Å². The fourth-order valence-electron chi connectivity index (χ4n) is 4.01. The zero-order chi connectivity index (χ0) is 22.5. The molecule has 0 radical (unpaired) electrons. The summed E-state index contributed by atoms with van der Waals surface area (Å²) in [7, 11) is 0. The lowest BCUT2D eigenvalue weighted by molar-refractivity contribution is 0.00106. The zero-order valence-corrected chi connectivity index (χ0v) is 17.9. The van der Waals surface area contributed by atoms with E-state index in [1.165, 1.54) is 12.1 Å². The molecule has 32 heavy (non-hydrogen) atoms. The second-order valence-electron chi connectivity index (χ2n) is 8.17. The average Bonchev–Trinajstić information content (AvgIpc) is 3.26. The van der Waals surface area contributed by atoms with Gasteiger partial charge in [-0.05, 0) is 74.4 Å². The number of aromatic carboxylic acids is 1. The Morgan fingerprint density at radius 1 is 1.16 bits per heavy atom. The quantitative estimate of drug-likeness (QED) is 0.489. The van der Waals surface area contributed by atoms with E-state index >= 15 is 0 Å². The van der Waals surface area contributed by atoms with Crippen LogP contribution >= 0.6 is 0 Å². The van der Waals surface area contributed by atoms with Gasteiger partial charge in [-0.3, -0.25) is 0 Å². The van der Waals surface area contributed by atoms with Gasteiger partial charge in [-0.1, -0.05) is 12.1 Å². The molecule has 4 rings (SSSR count). The van der Waals surface area contributed by atoms with E-state index in [0.29, 0.717) is 42.0 Å². The number of carboxylic acids is 1. The van der Waals surface area contributed by atoms with Gasteiger partial charge in [0.05, 0.1) is 19.3 Å². The molecule has 2 aromatic carbocycles. The molecule has 0 bridgehead atoms. The van der Waals surface area contributed by atoms with Crippen molar-refractivity contribution in [3.05, 3.63) is 71.4 Å². The fraction of sp³-hybridized carbons (Fsp3) is 0.360. The Hall–Kier alpha value is -3.19. The molecule has 0 amide bonds. The van der Waals surface area contributed by atoms with Gasteiger partial charge in [0.25, 0.3) is 0 Å². The van der Waals surface area contributed by atoms with Crippen molar-refractivity contribution in [1.29, 1.82) is 0 Å². The van der Waals surface area contributed by atoms with E-state index < -0.39 is 5.97 Å². The Balaban J connectivity index is 1.23. The van der Waals surface area contributed by atoms with Crippen molar-refractivity contribution in [2.24, 2.45) is 5.92 Å². The maximum absolute atomic E-state index is 13.1. The number of hydrogen-bond donors (Lipinski definition) is 1. The number of nitrogens with zero attached hydrogens (tertiary/aromatic N) is 1. The van der Waals surface area contributed by atoms with Crippen LogP contribution in [-0.2, 0) is 11.3 Å². The van der Waals surface area contributed by atoms with Gasteiger partial charge < -0.3 is 19.0 Å². The maximum Gasteiger partial charge on any atom is 0.339 e. The minimum atomic E-state index is -0.967. The van der Waals surface area contributed by atoms with Crippen molar-refractivity contribution in [2.45, 2.75) is 45.3 Å². The van der Waals surface area contributed by atoms with Crippen molar-refractivity contribution >= 4 is 5.97 Å². The standard InChI is InChI=1S/C25H26FNO5/c1-16-3-2-4-22(23(16)25(28)29)31-13-17-5-11-21(12-6-17)30-14-20-15-32-24(27-20)18-7-9-19(26)10-8-18/h2-4,7-10,15,17,21H,5-6,11-14H2,1H3,(H,28,29). The Bertz CT molecular complexity index is 1050. The van der Waals surface area contributed by atoms with Crippen LogP contribution in [0.25, 0.3) is 11.5 Å². The van der Waals surface area contributed by atoms with Gasteiger partial charge in [-0.25, -0.2) is 14.2 Å². The van der Waals surface area contributed by atoms with E-state index in [4.69, 9.17) is 13.9 Å². The van der Waals surface area contributed by atoms with E-state index in [2.05, 4.69) is 4.98 Å². The summed E-state index contributed by atoms with van der Waals surface area (Å²) in [5, 5.41) is 9.43. The van der Waals surface area contributed by atoms with E-state index in [0.717, 1.165) is 31.2 Å². The smallest absolute Gasteiger partial charge is 0.339 e. The van der Waals surface area contributed by atoms with Gasteiger partial charge in [-0.2, -0.15) is 0 Å². The molecule has 1 aliphatic rings. The number of hydrogen-bond acceptors (Lipinski definition) is 5. The van der Waals surface area contributed by atoms with Gasteiger partial charge in [-0.15, -0.1) is 0 Å². The minimum Gasteiger partial charge on any atom is -0.492 e. The summed E-state index contributed by atoms with van der Waals surface area (Å²) in [5.41, 5.74) is 2.35. The van der Waals surface area contributed by atoms with Gasteiger partial charge in [0.2, 0.25) is 5.89 Å².